The fraction of sp³-hybridized carbons (Fsp3) is 0.200. The van der Waals surface area contributed by atoms with Crippen LogP contribution in [-0.4, -0.2) is 42.7 Å². The zero-order valence-corrected chi connectivity index (χ0v) is 17.5. The van der Waals surface area contributed by atoms with Crippen LogP contribution in [0, 0.1) is 0 Å². The summed E-state index contributed by atoms with van der Waals surface area (Å²) in [5.41, 5.74) is 5.24. The molecule has 0 saturated carbocycles. The Morgan fingerprint density at radius 3 is 2.69 bits per heavy atom. The summed E-state index contributed by atoms with van der Waals surface area (Å²) in [4.78, 5) is 18.9. The predicted molar refractivity (Wildman–Crippen MR) is 125 cm³/mol. The number of nitrogens with one attached hydrogen (secondary N) is 2. The molecule has 3 N–H and O–H groups in total. The number of ether oxygens (including phenoxy) is 1. The molecule has 0 aliphatic carbocycles. The highest BCUT2D eigenvalue weighted by Gasteiger charge is 2.23. The summed E-state index contributed by atoms with van der Waals surface area (Å²) in [5.74, 6) is 0.784. The normalized spacial score (nSPS) is 17.4. The number of pyridine rings is 1. The molecule has 162 valence electrons. The van der Waals surface area contributed by atoms with Gasteiger partial charge in [-0.3, -0.25) is 0 Å². The van der Waals surface area contributed by atoms with E-state index in [0.29, 0.717) is 11.5 Å². The monoisotopic (exact) mass is 428 g/mol. The van der Waals surface area contributed by atoms with Gasteiger partial charge in [0.2, 0.25) is 0 Å². The van der Waals surface area contributed by atoms with Gasteiger partial charge < -0.3 is 30.2 Å². The van der Waals surface area contributed by atoms with Crippen molar-refractivity contribution >= 4 is 29.6 Å². The maximum absolute atomic E-state index is 11.7. The van der Waals surface area contributed by atoms with E-state index in [2.05, 4.69) is 27.7 Å². The SMILES string of the molecule is O=CC1NC=Cc2cc(-c3cccc(O)c3)nc(Nc3ccc(N4CCOCC4)cc3)c21. The number of aldehydes is 1. The van der Waals surface area contributed by atoms with Gasteiger partial charge in [0.25, 0.3) is 0 Å². The Morgan fingerprint density at radius 1 is 1.12 bits per heavy atom. The Bertz CT molecular complexity index is 1150. The first-order valence-corrected chi connectivity index (χ1v) is 10.6. The molecule has 0 bridgehead atoms. The molecule has 0 radical (unpaired) electrons. The van der Waals surface area contributed by atoms with Gasteiger partial charge in [-0.15, -0.1) is 0 Å². The second-order valence-electron chi connectivity index (χ2n) is 7.79. The maximum Gasteiger partial charge on any atom is 0.146 e. The fourth-order valence-corrected chi connectivity index (χ4v) is 4.09. The van der Waals surface area contributed by atoms with Gasteiger partial charge in [-0.05, 0) is 60.3 Å². The first-order chi connectivity index (χ1) is 15.7. The average molecular weight is 428 g/mol. The maximum atomic E-state index is 11.7. The summed E-state index contributed by atoms with van der Waals surface area (Å²) < 4.78 is 5.43. The van der Waals surface area contributed by atoms with Crippen molar-refractivity contribution in [3.8, 4) is 17.0 Å². The quantitative estimate of drug-likeness (QED) is 0.532. The van der Waals surface area contributed by atoms with Crippen LogP contribution in [0.2, 0.25) is 0 Å². The van der Waals surface area contributed by atoms with E-state index in [1.54, 1.807) is 24.4 Å². The molecule has 0 amide bonds. The van der Waals surface area contributed by atoms with Gasteiger partial charge in [0, 0.05) is 35.6 Å². The minimum absolute atomic E-state index is 0.179. The molecule has 1 fully saturated rings. The standard InChI is InChI=1S/C25H24N4O3/c30-16-23-24-18(8-9-26-23)15-22(17-2-1-3-21(31)14-17)28-25(24)27-19-4-6-20(7-5-19)29-10-12-32-13-11-29/h1-9,14-16,23,26,31H,10-13H2,(H,27,28). The van der Waals surface area contributed by atoms with Crippen molar-refractivity contribution in [2.45, 2.75) is 6.04 Å². The average Bonchev–Trinajstić information content (AvgIpc) is 2.84. The van der Waals surface area contributed by atoms with E-state index in [4.69, 9.17) is 9.72 Å². The van der Waals surface area contributed by atoms with Crippen molar-refractivity contribution in [3.63, 3.8) is 0 Å². The molecule has 1 unspecified atom stereocenters. The van der Waals surface area contributed by atoms with Crippen molar-refractivity contribution in [3.05, 3.63) is 71.9 Å². The molecule has 1 aromatic heterocycles. The number of phenols is 1. The molecule has 5 rings (SSSR count). The van der Waals surface area contributed by atoms with E-state index in [1.807, 2.05) is 30.3 Å². The van der Waals surface area contributed by atoms with Crippen LogP contribution in [0.15, 0.2) is 60.8 Å². The van der Waals surface area contributed by atoms with Crippen molar-refractivity contribution in [2.24, 2.45) is 0 Å². The van der Waals surface area contributed by atoms with E-state index in [0.717, 1.165) is 60.7 Å². The number of aromatic hydroxyl groups is 1. The lowest BCUT2D eigenvalue weighted by atomic mass is 9.97. The van der Waals surface area contributed by atoms with Gasteiger partial charge in [-0.1, -0.05) is 12.1 Å². The third-order valence-corrected chi connectivity index (χ3v) is 5.72. The number of rotatable bonds is 5. The topological polar surface area (TPSA) is 86.7 Å². The number of anilines is 3. The van der Waals surface area contributed by atoms with E-state index >= 15 is 0 Å². The molecule has 2 aliphatic heterocycles. The largest absolute Gasteiger partial charge is 0.508 e. The van der Waals surface area contributed by atoms with E-state index in [1.165, 1.54) is 0 Å². The third kappa shape index (κ3) is 4.02. The molecular formula is C25H24N4O3. The summed E-state index contributed by atoms with van der Waals surface area (Å²) in [7, 11) is 0. The number of carbonyl (C=O) groups excluding carboxylic acids is 1. The summed E-state index contributed by atoms with van der Waals surface area (Å²) in [5, 5.41) is 16.4. The summed E-state index contributed by atoms with van der Waals surface area (Å²) >= 11 is 0. The summed E-state index contributed by atoms with van der Waals surface area (Å²) in [6.07, 6.45) is 4.58. The second-order valence-corrected chi connectivity index (χ2v) is 7.79. The Kier molecular flexibility index (Phi) is 5.47. The number of phenolic OH excluding ortho intramolecular Hbond substituents is 1. The number of hydrogen-bond donors (Lipinski definition) is 3. The summed E-state index contributed by atoms with van der Waals surface area (Å²) in [6.45, 7) is 3.25. The highest BCUT2D eigenvalue weighted by Crippen LogP contribution is 2.35. The molecule has 2 aromatic carbocycles. The van der Waals surface area contributed by atoms with Crippen LogP contribution in [0.5, 0.6) is 5.75 Å². The van der Waals surface area contributed by atoms with E-state index in [-0.39, 0.29) is 5.75 Å². The highest BCUT2D eigenvalue weighted by atomic mass is 16.5. The van der Waals surface area contributed by atoms with Crippen LogP contribution in [0.3, 0.4) is 0 Å². The van der Waals surface area contributed by atoms with Crippen LogP contribution >= 0.6 is 0 Å². The highest BCUT2D eigenvalue weighted by molar-refractivity contribution is 5.80. The lowest BCUT2D eigenvalue weighted by molar-refractivity contribution is -0.109. The molecule has 2 aliphatic rings. The predicted octanol–water partition coefficient (Wildman–Crippen LogP) is 3.85. The Labute approximate surface area is 186 Å². The number of aromatic nitrogens is 1. The molecule has 7 heteroatoms. The first-order valence-electron chi connectivity index (χ1n) is 10.6. The van der Waals surface area contributed by atoms with Gasteiger partial charge in [-0.25, -0.2) is 4.98 Å². The number of nitrogens with zero attached hydrogens (tertiary/aromatic N) is 2. The first kappa shape index (κ1) is 20.1. The van der Waals surface area contributed by atoms with Gasteiger partial charge in [0.05, 0.1) is 18.9 Å². The van der Waals surface area contributed by atoms with Gasteiger partial charge >= 0.3 is 0 Å². The molecule has 3 aromatic rings. The fourth-order valence-electron chi connectivity index (χ4n) is 4.09. The van der Waals surface area contributed by atoms with Gasteiger partial charge in [0.15, 0.2) is 0 Å². The zero-order chi connectivity index (χ0) is 21.9. The number of morpholine rings is 1. The van der Waals surface area contributed by atoms with Crippen LogP contribution in [-0.2, 0) is 9.53 Å². The third-order valence-electron chi connectivity index (χ3n) is 5.72. The van der Waals surface area contributed by atoms with Crippen LogP contribution in [0.1, 0.15) is 17.2 Å². The lowest BCUT2D eigenvalue weighted by Crippen LogP contribution is -2.36. The van der Waals surface area contributed by atoms with E-state index < -0.39 is 6.04 Å². The van der Waals surface area contributed by atoms with Crippen molar-refractivity contribution in [1.29, 1.82) is 0 Å². The molecule has 1 atom stereocenters. The molecule has 32 heavy (non-hydrogen) atoms. The van der Waals surface area contributed by atoms with Crippen LogP contribution in [0.25, 0.3) is 17.3 Å². The van der Waals surface area contributed by atoms with Crippen molar-refractivity contribution < 1.29 is 14.6 Å². The molecule has 7 nitrogen and oxygen atoms in total. The molecule has 0 spiro atoms. The molecule has 3 heterocycles. The number of fused-ring (bicyclic) bond motifs is 1. The van der Waals surface area contributed by atoms with Crippen molar-refractivity contribution in [2.75, 3.05) is 36.5 Å². The van der Waals surface area contributed by atoms with E-state index in [9.17, 15) is 9.90 Å². The number of hydrogen-bond acceptors (Lipinski definition) is 7. The number of benzene rings is 2. The lowest BCUT2D eigenvalue weighted by Gasteiger charge is -2.29. The Morgan fingerprint density at radius 2 is 1.94 bits per heavy atom. The Hall–Kier alpha value is -3.84. The second kappa shape index (κ2) is 8.72. The summed E-state index contributed by atoms with van der Waals surface area (Å²) in [6, 6.07) is 16.6. The zero-order valence-electron chi connectivity index (χ0n) is 17.5. The Balaban J connectivity index is 1.51. The molecular weight excluding hydrogens is 404 g/mol. The van der Waals surface area contributed by atoms with Crippen LogP contribution in [0.4, 0.5) is 17.2 Å². The minimum Gasteiger partial charge on any atom is -0.508 e. The minimum atomic E-state index is -0.490. The smallest absolute Gasteiger partial charge is 0.146 e. The molecule has 1 saturated heterocycles. The number of carbonyl (C=O) groups is 1. The van der Waals surface area contributed by atoms with Gasteiger partial charge in [0.1, 0.15) is 23.9 Å². The van der Waals surface area contributed by atoms with Crippen molar-refractivity contribution in [1.82, 2.24) is 10.3 Å². The van der Waals surface area contributed by atoms with Crippen LogP contribution < -0.4 is 15.5 Å². The van der Waals surface area contributed by atoms with Gasteiger partial charge in [-0.2, -0.15) is 0 Å².